The van der Waals surface area contributed by atoms with Gasteiger partial charge in [-0.15, -0.1) is 11.3 Å². The zero-order chi connectivity index (χ0) is 13.2. The molecule has 1 aromatic carbocycles. The van der Waals surface area contributed by atoms with Gasteiger partial charge in [-0.3, -0.25) is 0 Å². The van der Waals surface area contributed by atoms with E-state index in [-0.39, 0.29) is 5.41 Å². The molecule has 0 saturated carbocycles. The Morgan fingerprint density at radius 1 is 1.22 bits per heavy atom. The Hall–Kier alpha value is -1.12. The SMILES string of the molecule is CNCC(C)(C)c1csc(-c2cccc(C)c2)c1. The van der Waals surface area contributed by atoms with Gasteiger partial charge in [0, 0.05) is 16.8 Å². The minimum absolute atomic E-state index is 0.188. The van der Waals surface area contributed by atoms with Gasteiger partial charge in [-0.1, -0.05) is 43.7 Å². The Balaban J connectivity index is 2.31. The van der Waals surface area contributed by atoms with Crippen molar-refractivity contribution in [3.05, 3.63) is 46.8 Å². The van der Waals surface area contributed by atoms with E-state index in [1.165, 1.54) is 21.6 Å². The standard InChI is InChI=1S/C16H21NS/c1-12-6-5-7-13(8-12)15-9-14(10-18-15)16(2,3)11-17-4/h5-10,17H,11H2,1-4H3. The second kappa shape index (κ2) is 5.25. The number of likely N-dealkylation sites (N-methyl/N-ethyl adjacent to an activating group) is 1. The minimum atomic E-state index is 0.188. The average Bonchev–Trinajstić information content (AvgIpc) is 2.78. The molecule has 1 nitrogen and oxygen atoms in total. The van der Waals surface area contributed by atoms with Gasteiger partial charge < -0.3 is 5.32 Å². The van der Waals surface area contributed by atoms with Crippen molar-refractivity contribution < 1.29 is 0 Å². The Bertz CT molecular complexity index is 525. The maximum absolute atomic E-state index is 3.27. The third kappa shape index (κ3) is 2.82. The normalized spacial score (nSPS) is 11.8. The lowest BCUT2D eigenvalue weighted by Gasteiger charge is -2.23. The quantitative estimate of drug-likeness (QED) is 0.867. The molecule has 2 aromatic rings. The maximum atomic E-state index is 3.27. The molecule has 0 radical (unpaired) electrons. The van der Waals surface area contributed by atoms with Crippen molar-refractivity contribution in [3.8, 4) is 10.4 Å². The highest BCUT2D eigenvalue weighted by molar-refractivity contribution is 7.13. The number of hydrogen-bond acceptors (Lipinski definition) is 2. The largest absolute Gasteiger partial charge is 0.319 e. The van der Waals surface area contributed by atoms with Crippen LogP contribution in [-0.2, 0) is 5.41 Å². The number of thiophene rings is 1. The lowest BCUT2D eigenvalue weighted by Crippen LogP contribution is -2.30. The molecular formula is C16H21NS. The Labute approximate surface area is 114 Å². The number of benzene rings is 1. The molecule has 2 rings (SSSR count). The Morgan fingerprint density at radius 3 is 2.67 bits per heavy atom. The van der Waals surface area contributed by atoms with Gasteiger partial charge in [0.1, 0.15) is 0 Å². The fourth-order valence-corrected chi connectivity index (χ4v) is 3.28. The predicted octanol–water partition coefficient (Wildman–Crippen LogP) is 4.22. The summed E-state index contributed by atoms with van der Waals surface area (Å²) in [6, 6.07) is 11.0. The van der Waals surface area contributed by atoms with Crippen molar-refractivity contribution in [1.29, 1.82) is 0 Å². The molecule has 0 aliphatic carbocycles. The lowest BCUT2D eigenvalue weighted by molar-refractivity contribution is 0.496. The zero-order valence-corrected chi connectivity index (χ0v) is 12.4. The number of hydrogen-bond donors (Lipinski definition) is 1. The van der Waals surface area contributed by atoms with E-state index in [0.29, 0.717) is 0 Å². The molecule has 0 saturated heterocycles. The van der Waals surface area contributed by atoms with Gasteiger partial charge in [0.2, 0.25) is 0 Å². The van der Waals surface area contributed by atoms with Crippen LogP contribution in [-0.4, -0.2) is 13.6 Å². The predicted molar refractivity (Wildman–Crippen MR) is 81.4 cm³/mol. The molecule has 0 aliphatic rings. The molecule has 96 valence electrons. The van der Waals surface area contributed by atoms with Crippen LogP contribution in [0.3, 0.4) is 0 Å². The van der Waals surface area contributed by atoms with E-state index in [4.69, 9.17) is 0 Å². The molecule has 0 fully saturated rings. The third-order valence-electron chi connectivity index (χ3n) is 3.30. The molecule has 18 heavy (non-hydrogen) atoms. The van der Waals surface area contributed by atoms with Crippen LogP contribution in [0.5, 0.6) is 0 Å². The van der Waals surface area contributed by atoms with E-state index in [9.17, 15) is 0 Å². The Morgan fingerprint density at radius 2 is 2.00 bits per heavy atom. The molecule has 2 heteroatoms. The molecule has 0 unspecified atom stereocenters. The molecule has 0 amide bonds. The summed E-state index contributed by atoms with van der Waals surface area (Å²) in [5, 5.41) is 5.56. The monoisotopic (exact) mass is 259 g/mol. The minimum Gasteiger partial charge on any atom is -0.319 e. The smallest absolute Gasteiger partial charge is 0.0345 e. The summed E-state index contributed by atoms with van der Waals surface area (Å²) in [7, 11) is 2.01. The van der Waals surface area contributed by atoms with Crippen molar-refractivity contribution in [2.75, 3.05) is 13.6 Å². The number of rotatable bonds is 4. The van der Waals surface area contributed by atoms with E-state index >= 15 is 0 Å². The van der Waals surface area contributed by atoms with E-state index in [1.807, 2.05) is 18.4 Å². The molecule has 1 aromatic heterocycles. The summed E-state index contributed by atoms with van der Waals surface area (Å²) < 4.78 is 0. The first-order valence-electron chi connectivity index (χ1n) is 6.33. The highest BCUT2D eigenvalue weighted by Gasteiger charge is 2.21. The summed E-state index contributed by atoms with van der Waals surface area (Å²) in [5.41, 5.74) is 4.25. The van der Waals surface area contributed by atoms with Crippen LogP contribution >= 0.6 is 11.3 Å². The van der Waals surface area contributed by atoms with Gasteiger partial charge in [0.05, 0.1) is 0 Å². The van der Waals surface area contributed by atoms with Gasteiger partial charge in [-0.05, 0) is 36.5 Å². The first-order chi connectivity index (χ1) is 8.53. The third-order valence-corrected chi connectivity index (χ3v) is 4.28. The summed E-state index contributed by atoms with van der Waals surface area (Å²) in [4.78, 5) is 1.36. The van der Waals surface area contributed by atoms with Gasteiger partial charge in [-0.25, -0.2) is 0 Å². The van der Waals surface area contributed by atoms with E-state index in [0.717, 1.165) is 6.54 Å². The highest BCUT2D eigenvalue weighted by Crippen LogP contribution is 2.33. The fraction of sp³-hybridized carbons (Fsp3) is 0.375. The van der Waals surface area contributed by atoms with Gasteiger partial charge >= 0.3 is 0 Å². The van der Waals surface area contributed by atoms with Crippen LogP contribution in [0.1, 0.15) is 25.0 Å². The zero-order valence-electron chi connectivity index (χ0n) is 11.6. The molecule has 1 heterocycles. The summed E-state index contributed by atoms with van der Waals surface area (Å²) in [6.07, 6.45) is 0. The maximum Gasteiger partial charge on any atom is 0.0345 e. The van der Waals surface area contributed by atoms with Crippen LogP contribution in [0.2, 0.25) is 0 Å². The average molecular weight is 259 g/mol. The van der Waals surface area contributed by atoms with Crippen LogP contribution in [0.25, 0.3) is 10.4 Å². The molecule has 0 bridgehead atoms. The number of aryl methyl sites for hydroxylation is 1. The van der Waals surface area contributed by atoms with Crippen LogP contribution < -0.4 is 5.32 Å². The van der Waals surface area contributed by atoms with Crippen LogP contribution in [0.15, 0.2) is 35.7 Å². The molecule has 1 N–H and O–H groups in total. The summed E-state index contributed by atoms with van der Waals surface area (Å²) in [5.74, 6) is 0. The van der Waals surface area contributed by atoms with Gasteiger partial charge in [0.15, 0.2) is 0 Å². The van der Waals surface area contributed by atoms with Crippen LogP contribution in [0, 0.1) is 6.92 Å². The van der Waals surface area contributed by atoms with E-state index in [1.54, 1.807) is 0 Å². The van der Waals surface area contributed by atoms with Crippen molar-refractivity contribution in [2.24, 2.45) is 0 Å². The van der Waals surface area contributed by atoms with Crippen molar-refractivity contribution >= 4 is 11.3 Å². The van der Waals surface area contributed by atoms with Crippen molar-refractivity contribution in [3.63, 3.8) is 0 Å². The van der Waals surface area contributed by atoms with Crippen molar-refractivity contribution in [1.82, 2.24) is 5.32 Å². The van der Waals surface area contributed by atoms with Crippen LogP contribution in [0.4, 0.5) is 0 Å². The summed E-state index contributed by atoms with van der Waals surface area (Å²) in [6.45, 7) is 7.71. The fourth-order valence-electron chi connectivity index (χ4n) is 2.18. The molecule has 0 spiro atoms. The lowest BCUT2D eigenvalue weighted by atomic mass is 9.86. The molecular weight excluding hydrogens is 238 g/mol. The van der Waals surface area contributed by atoms with Gasteiger partial charge in [0.25, 0.3) is 0 Å². The van der Waals surface area contributed by atoms with Crippen molar-refractivity contribution in [2.45, 2.75) is 26.2 Å². The highest BCUT2D eigenvalue weighted by atomic mass is 32.1. The van der Waals surface area contributed by atoms with E-state index in [2.05, 4.69) is 61.8 Å². The first-order valence-corrected chi connectivity index (χ1v) is 7.21. The summed E-state index contributed by atoms with van der Waals surface area (Å²) >= 11 is 1.84. The molecule has 0 aliphatic heterocycles. The second-order valence-corrected chi connectivity index (χ2v) is 6.39. The second-order valence-electron chi connectivity index (χ2n) is 5.48. The van der Waals surface area contributed by atoms with E-state index < -0.39 is 0 Å². The topological polar surface area (TPSA) is 12.0 Å². The number of nitrogens with one attached hydrogen (secondary N) is 1. The molecule has 0 atom stereocenters. The van der Waals surface area contributed by atoms with Gasteiger partial charge in [-0.2, -0.15) is 0 Å². The first kappa shape index (κ1) is 13.3. The Kier molecular flexibility index (Phi) is 3.88.